The number of hydrogen-bond donors (Lipinski definition) is 1. The number of benzene rings is 1. The van der Waals surface area contributed by atoms with Gasteiger partial charge in [-0.2, -0.15) is 0 Å². The first-order chi connectivity index (χ1) is 6.49. The van der Waals surface area contributed by atoms with Gasteiger partial charge in [0.1, 0.15) is 0 Å². The van der Waals surface area contributed by atoms with E-state index in [4.69, 9.17) is 5.11 Å². The lowest BCUT2D eigenvalue weighted by Gasteiger charge is -2.22. The van der Waals surface area contributed by atoms with Crippen LogP contribution in [0.25, 0.3) is 0 Å². The van der Waals surface area contributed by atoms with Crippen LogP contribution in [0.3, 0.4) is 0 Å². The van der Waals surface area contributed by atoms with Crippen LogP contribution in [0.5, 0.6) is 0 Å². The summed E-state index contributed by atoms with van der Waals surface area (Å²) in [4.78, 5) is 11.0. The molecule has 0 saturated carbocycles. The molecule has 0 saturated heterocycles. The van der Waals surface area contributed by atoms with E-state index in [0.29, 0.717) is 5.56 Å². The zero-order chi connectivity index (χ0) is 10.8. The molecule has 1 rings (SSSR count). The van der Waals surface area contributed by atoms with Crippen molar-refractivity contribution in [3.63, 3.8) is 0 Å². The van der Waals surface area contributed by atoms with Crippen molar-refractivity contribution in [1.82, 2.24) is 0 Å². The molecule has 2 heteroatoms. The fourth-order valence-corrected chi connectivity index (χ4v) is 1.34. The second-order valence-corrected chi connectivity index (χ2v) is 3.78. The molecule has 1 aromatic rings. The van der Waals surface area contributed by atoms with Gasteiger partial charge < -0.3 is 5.11 Å². The van der Waals surface area contributed by atoms with Crippen LogP contribution in [-0.4, -0.2) is 11.1 Å². The van der Waals surface area contributed by atoms with E-state index in [1.54, 1.807) is 18.2 Å². The molecule has 0 aliphatic rings. The number of carbonyl (C=O) groups is 1. The molecule has 0 radical (unpaired) electrons. The van der Waals surface area contributed by atoms with Crippen LogP contribution in [0.2, 0.25) is 0 Å². The highest BCUT2D eigenvalue weighted by Gasteiger charge is 2.22. The average Bonchev–Trinajstić information content (AvgIpc) is 2.18. The van der Waals surface area contributed by atoms with E-state index in [1.165, 1.54) is 0 Å². The van der Waals surface area contributed by atoms with E-state index in [2.05, 4.69) is 6.58 Å². The van der Waals surface area contributed by atoms with Gasteiger partial charge in [-0.3, -0.25) is 0 Å². The molecule has 2 nitrogen and oxygen atoms in total. The SMILES string of the molecule is C=CC(C)(C)c1ccccc1C(=O)O. The van der Waals surface area contributed by atoms with Gasteiger partial charge in [0.15, 0.2) is 0 Å². The average molecular weight is 190 g/mol. The van der Waals surface area contributed by atoms with Crippen LogP contribution in [-0.2, 0) is 5.41 Å². The molecule has 0 aliphatic heterocycles. The standard InChI is InChI=1S/C12H14O2/c1-4-12(2,3)10-8-6-5-7-9(10)11(13)14/h4-8H,1H2,2-3H3,(H,13,14). The zero-order valence-corrected chi connectivity index (χ0v) is 8.45. The molecule has 0 heterocycles. The topological polar surface area (TPSA) is 37.3 Å². The van der Waals surface area contributed by atoms with Crippen molar-refractivity contribution in [1.29, 1.82) is 0 Å². The van der Waals surface area contributed by atoms with E-state index >= 15 is 0 Å². The lowest BCUT2D eigenvalue weighted by molar-refractivity contribution is 0.0694. The highest BCUT2D eigenvalue weighted by Crippen LogP contribution is 2.27. The molecule has 0 amide bonds. The fourth-order valence-electron chi connectivity index (χ4n) is 1.34. The van der Waals surface area contributed by atoms with Gasteiger partial charge in [-0.15, -0.1) is 6.58 Å². The molecule has 0 aromatic heterocycles. The summed E-state index contributed by atoms with van der Waals surface area (Å²) in [5, 5.41) is 8.99. The van der Waals surface area contributed by atoms with Crippen molar-refractivity contribution in [2.75, 3.05) is 0 Å². The maximum Gasteiger partial charge on any atom is 0.335 e. The van der Waals surface area contributed by atoms with E-state index < -0.39 is 5.97 Å². The molecular formula is C12H14O2. The van der Waals surface area contributed by atoms with E-state index in [9.17, 15) is 4.79 Å². The summed E-state index contributed by atoms with van der Waals surface area (Å²) in [6, 6.07) is 7.01. The predicted octanol–water partition coefficient (Wildman–Crippen LogP) is 2.85. The summed E-state index contributed by atoms with van der Waals surface area (Å²) >= 11 is 0. The third-order valence-corrected chi connectivity index (χ3v) is 2.36. The number of aromatic carboxylic acids is 1. The van der Waals surface area contributed by atoms with Gasteiger partial charge in [-0.25, -0.2) is 4.79 Å². The van der Waals surface area contributed by atoms with Gasteiger partial charge in [-0.1, -0.05) is 38.1 Å². The summed E-state index contributed by atoms with van der Waals surface area (Å²) in [7, 11) is 0. The Bertz CT molecular complexity index is 364. The molecule has 0 unspecified atom stereocenters. The van der Waals surface area contributed by atoms with Crippen molar-refractivity contribution in [2.24, 2.45) is 0 Å². The Morgan fingerprint density at radius 3 is 2.50 bits per heavy atom. The van der Waals surface area contributed by atoms with E-state index in [1.807, 2.05) is 26.0 Å². The third kappa shape index (κ3) is 1.84. The maximum atomic E-state index is 11.0. The Labute approximate surface area is 83.9 Å². The van der Waals surface area contributed by atoms with E-state index in [-0.39, 0.29) is 5.41 Å². The molecule has 0 fully saturated rings. The molecule has 0 aliphatic carbocycles. The quantitative estimate of drug-likeness (QED) is 0.744. The lowest BCUT2D eigenvalue weighted by atomic mass is 9.82. The summed E-state index contributed by atoms with van der Waals surface area (Å²) in [6.45, 7) is 7.61. The van der Waals surface area contributed by atoms with Gasteiger partial charge in [0.2, 0.25) is 0 Å². The molecule has 14 heavy (non-hydrogen) atoms. The molecule has 0 bridgehead atoms. The van der Waals surface area contributed by atoms with Crippen LogP contribution in [0.1, 0.15) is 29.8 Å². The second-order valence-electron chi connectivity index (χ2n) is 3.78. The van der Waals surface area contributed by atoms with Crippen molar-refractivity contribution in [3.05, 3.63) is 48.0 Å². The number of rotatable bonds is 3. The van der Waals surface area contributed by atoms with Gasteiger partial charge in [0, 0.05) is 5.41 Å². The Morgan fingerprint density at radius 1 is 1.43 bits per heavy atom. The molecule has 1 aromatic carbocycles. The number of allylic oxidation sites excluding steroid dienone is 1. The Kier molecular flexibility index (Phi) is 2.75. The fraction of sp³-hybridized carbons (Fsp3) is 0.250. The third-order valence-electron chi connectivity index (χ3n) is 2.36. The Hall–Kier alpha value is -1.57. The summed E-state index contributed by atoms with van der Waals surface area (Å²) in [5.74, 6) is -0.893. The first kappa shape index (κ1) is 10.5. The number of hydrogen-bond acceptors (Lipinski definition) is 1. The normalized spacial score (nSPS) is 11.0. The monoisotopic (exact) mass is 190 g/mol. The van der Waals surface area contributed by atoms with Gasteiger partial charge in [0.05, 0.1) is 5.56 Å². The molecule has 0 spiro atoms. The van der Waals surface area contributed by atoms with E-state index in [0.717, 1.165) is 5.56 Å². The minimum atomic E-state index is -0.893. The highest BCUT2D eigenvalue weighted by atomic mass is 16.4. The van der Waals surface area contributed by atoms with Crippen LogP contribution >= 0.6 is 0 Å². The number of carboxylic acid groups (broad SMARTS) is 1. The second kappa shape index (κ2) is 3.66. The largest absolute Gasteiger partial charge is 0.478 e. The molecule has 74 valence electrons. The van der Waals surface area contributed by atoms with Crippen LogP contribution < -0.4 is 0 Å². The summed E-state index contributed by atoms with van der Waals surface area (Å²) < 4.78 is 0. The Morgan fingerprint density at radius 2 is 2.00 bits per heavy atom. The molecular weight excluding hydrogens is 176 g/mol. The minimum Gasteiger partial charge on any atom is -0.478 e. The number of carboxylic acids is 1. The van der Waals surface area contributed by atoms with Gasteiger partial charge in [0.25, 0.3) is 0 Å². The maximum absolute atomic E-state index is 11.0. The van der Waals surface area contributed by atoms with Gasteiger partial charge in [-0.05, 0) is 11.6 Å². The molecule has 0 atom stereocenters. The van der Waals surface area contributed by atoms with Crippen LogP contribution in [0.15, 0.2) is 36.9 Å². The zero-order valence-electron chi connectivity index (χ0n) is 8.45. The summed E-state index contributed by atoms with van der Waals surface area (Å²) in [5.41, 5.74) is 0.828. The predicted molar refractivity (Wildman–Crippen MR) is 56.6 cm³/mol. The smallest absolute Gasteiger partial charge is 0.335 e. The van der Waals surface area contributed by atoms with Crippen molar-refractivity contribution < 1.29 is 9.90 Å². The first-order valence-corrected chi connectivity index (χ1v) is 4.45. The highest BCUT2D eigenvalue weighted by molar-refractivity contribution is 5.89. The minimum absolute atomic E-state index is 0.311. The summed E-state index contributed by atoms with van der Waals surface area (Å²) in [6.07, 6.45) is 1.76. The van der Waals surface area contributed by atoms with Crippen LogP contribution in [0, 0.1) is 0 Å². The van der Waals surface area contributed by atoms with Crippen molar-refractivity contribution in [3.8, 4) is 0 Å². The molecule has 1 N–H and O–H groups in total. The first-order valence-electron chi connectivity index (χ1n) is 4.45. The lowest BCUT2D eigenvalue weighted by Crippen LogP contribution is -2.17. The van der Waals surface area contributed by atoms with Gasteiger partial charge >= 0.3 is 5.97 Å². The van der Waals surface area contributed by atoms with Crippen molar-refractivity contribution >= 4 is 5.97 Å². The van der Waals surface area contributed by atoms with Crippen molar-refractivity contribution in [2.45, 2.75) is 19.3 Å². The Balaban J connectivity index is 3.33. The van der Waals surface area contributed by atoms with Crippen LogP contribution in [0.4, 0.5) is 0 Å².